The Labute approximate surface area is 136 Å². The van der Waals surface area contributed by atoms with Crippen molar-refractivity contribution >= 4 is 0 Å². The van der Waals surface area contributed by atoms with E-state index < -0.39 is 12.2 Å². The van der Waals surface area contributed by atoms with Crippen LogP contribution in [0.4, 0.5) is 17.6 Å². The summed E-state index contributed by atoms with van der Waals surface area (Å²) in [5.74, 6) is -0.737. The number of aliphatic hydroxyl groups excluding tert-OH is 1. The number of nitrogens with one attached hydrogen (secondary N) is 1. The molecule has 0 aliphatic heterocycles. The first-order chi connectivity index (χ1) is 11.3. The zero-order valence-corrected chi connectivity index (χ0v) is 12.9. The van der Waals surface area contributed by atoms with E-state index in [4.69, 9.17) is 5.11 Å². The quantitative estimate of drug-likeness (QED) is 0.777. The first-order valence-corrected chi connectivity index (χ1v) is 7.26. The van der Waals surface area contributed by atoms with Gasteiger partial charge in [0.2, 0.25) is 0 Å². The standard InChI is InChI=1S/C17H17F4NO2/c1-11(13-3-5-15(6-4-13)24-17(19,20)21)22-9-12-2-7-16(18)14(8-12)10-23/h2-8,11,22-23H,9-10H2,1H3. The molecule has 3 nitrogen and oxygen atoms in total. The number of hydrogen-bond acceptors (Lipinski definition) is 3. The van der Waals surface area contributed by atoms with Crippen molar-refractivity contribution in [3.63, 3.8) is 0 Å². The number of alkyl halides is 3. The first-order valence-electron chi connectivity index (χ1n) is 7.26. The zero-order valence-electron chi connectivity index (χ0n) is 12.9. The predicted molar refractivity (Wildman–Crippen MR) is 80.7 cm³/mol. The van der Waals surface area contributed by atoms with Crippen LogP contribution in [0.25, 0.3) is 0 Å². The minimum absolute atomic E-state index is 0.132. The molecule has 0 amide bonds. The Kier molecular flexibility index (Phi) is 5.80. The Bertz CT molecular complexity index is 671. The van der Waals surface area contributed by atoms with Crippen LogP contribution in [0.5, 0.6) is 5.75 Å². The van der Waals surface area contributed by atoms with Crippen molar-refractivity contribution in [2.75, 3.05) is 0 Å². The van der Waals surface area contributed by atoms with Gasteiger partial charge in [0.05, 0.1) is 6.61 Å². The molecular formula is C17H17F4NO2. The summed E-state index contributed by atoms with van der Waals surface area (Å²) in [6, 6.07) is 9.92. The Morgan fingerprint density at radius 2 is 1.79 bits per heavy atom. The highest BCUT2D eigenvalue weighted by atomic mass is 19.4. The molecule has 1 unspecified atom stereocenters. The van der Waals surface area contributed by atoms with E-state index in [-0.39, 0.29) is 24.0 Å². The van der Waals surface area contributed by atoms with Gasteiger partial charge in [-0.05, 0) is 42.3 Å². The van der Waals surface area contributed by atoms with Gasteiger partial charge in [-0.25, -0.2) is 4.39 Å². The third-order valence-electron chi connectivity index (χ3n) is 3.51. The summed E-state index contributed by atoms with van der Waals surface area (Å²) in [7, 11) is 0. The van der Waals surface area contributed by atoms with Crippen molar-refractivity contribution in [1.82, 2.24) is 5.32 Å². The molecule has 2 rings (SSSR count). The number of benzene rings is 2. The summed E-state index contributed by atoms with van der Waals surface area (Å²) in [5.41, 5.74) is 1.80. The Balaban J connectivity index is 1.96. The van der Waals surface area contributed by atoms with Crippen LogP contribution in [-0.4, -0.2) is 11.5 Å². The van der Waals surface area contributed by atoms with E-state index in [2.05, 4.69) is 10.1 Å². The van der Waals surface area contributed by atoms with E-state index in [1.54, 1.807) is 24.3 Å². The second kappa shape index (κ2) is 7.63. The highest BCUT2D eigenvalue weighted by Gasteiger charge is 2.31. The topological polar surface area (TPSA) is 41.5 Å². The maximum Gasteiger partial charge on any atom is 0.573 e. The van der Waals surface area contributed by atoms with Gasteiger partial charge < -0.3 is 15.2 Å². The van der Waals surface area contributed by atoms with Gasteiger partial charge in [-0.15, -0.1) is 13.2 Å². The fraction of sp³-hybridized carbons (Fsp3) is 0.294. The maximum atomic E-state index is 13.3. The summed E-state index contributed by atoms with van der Waals surface area (Å²) in [6.45, 7) is 1.90. The second-order valence-electron chi connectivity index (χ2n) is 5.30. The van der Waals surface area contributed by atoms with Gasteiger partial charge >= 0.3 is 6.36 Å². The van der Waals surface area contributed by atoms with Crippen molar-refractivity contribution < 1.29 is 27.4 Å². The minimum atomic E-state index is -4.71. The highest BCUT2D eigenvalue weighted by Crippen LogP contribution is 2.24. The molecule has 2 N–H and O–H groups in total. The lowest BCUT2D eigenvalue weighted by atomic mass is 10.1. The second-order valence-corrected chi connectivity index (χ2v) is 5.30. The van der Waals surface area contributed by atoms with Crippen LogP contribution >= 0.6 is 0 Å². The van der Waals surface area contributed by atoms with E-state index in [1.165, 1.54) is 18.2 Å². The summed E-state index contributed by atoms with van der Waals surface area (Å²) in [4.78, 5) is 0. The number of ether oxygens (including phenoxy) is 1. The van der Waals surface area contributed by atoms with Crippen molar-refractivity contribution in [3.8, 4) is 5.75 Å². The molecule has 0 bridgehead atoms. The lowest BCUT2D eigenvalue weighted by Crippen LogP contribution is -2.19. The average molecular weight is 343 g/mol. The molecule has 130 valence electrons. The van der Waals surface area contributed by atoms with Crippen LogP contribution in [0, 0.1) is 5.82 Å². The molecule has 1 atom stereocenters. The lowest BCUT2D eigenvalue weighted by molar-refractivity contribution is -0.274. The third-order valence-corrected chi connectivity index (χ3v) is 3.51. The number of rotatable bonds is 6. The number of halogens is 4. The zero-order chi connectivity index (χ0) is 17.7. The van der Waals surface area contributed by atoms with Gasteiger partial charge in [0.15, 0.2) is 0 Å². The molecule has 0 heterocycles. The maximum absolute atomic E-state index is 13.3. The van der Waals surface area contributed by atoms with Crippen molar-refractivity contribution in [1.29, 1.82) is 0 Å². The van der Waals surface area contributed by atoms with Gasteiger partial charge in [0.25, 0.3) is 0 Å². The Morgan fingerprint density at radius 3 is 2.38 bits per heavy atom. The molecule has 0 aromatic heterocycles. The lowest BCUT2D eigenvalue weighted by Gasteiger charge is -2.16. The molecule has 7 heteroatoms. The van der Waals surface area contributed by atoms with Crippen molar-refractivity contribution in [3.05, 3.63) is 65.0 Å². The SMILES string of the molecule is CC(NCc1ccc(F)c(CO)c1)c1ccc(OC(F)(F)F)cc1. The Hall–Kier alpha value is -2.12. The van der Waals surface area contributed by atoms with Crippen molar-refractivity contribution in [2.45, 2.75) is 32.5 Å². The van der Waals surface area contributed by atoms with Crippen LogP contribution in [0.1, 0.15) is 29.7 Å². The largest absolute Gasteiger partial charge is 0.573 e. The summed E-state index contributed by atoms with van der Waals surface area (Å²) in [6.07, 6.45) is -4.71. The van der Waals surface area contributed by atoms with E-state index in [1.807, 2.05) is 6.92 Å². The van der Waals surface area contributed by atoms with Gasteiger partial charge in [-0.3, -0.25) is 0 Å². The summed E-state index contributed by atoms with van der Waals surface area (Å²) >= 11 is 0. The van der Waals surface area contributed by atoms with Crippen LogP contribution in [0.3, 0.4) is 0 Å². The number of aliphatic hydroxyl groups is 1. The smallest absolute Gasteiger partial charge is 0.406 e. The molecule has 2 aromatic carbocycles. The van der Waals surface area contributed by atoms with Gasteiger partial charge in [0.1, 0.15) is 11.6 Å². The van der Waals surface area contributed by atoms with Gasteiger partial charge in [-0.2, -0.15) is 0 Å². The molecule has 0 spiro atoms. The highest BCUT2D eigenvalue weighted by molar-refractivity contribution is 5.29. The molecular weight excluding hydrogens is 326 g/mol. The fourth-order valence-electron chi connectivity index (χ4n) is 2.21. The van der Waals surface area contributed by atoms with Crippen molar-refractivity contribution in [2.24, 2.45) is 0 Å². The van der Waals surface area contributed by atoms with Gasteiger partial charge in [-0.1, -0.05) is 18.2 Å². The third kappa shape index (κ3) is 5.21. The molecule has 2 aromatic rings. The van der Waals surface area contributed by atoms with E-state index in [0.29, 0.717) is 6.54 Å². The molecule has 0 saturated heterocycles. The molecule has 24 heavy (non-hydrogen) atoms. The predicted octanol–water partition coefficient (Wildman–Crippen LogP) is 4.07. The molecule has 0 aliphatic rings. The molecule has 0 radical (unpaired) electrons. The number of hydrogen-bond donors (Lipinski definition) is 2. The average Bonchev–Trinajstić information content (AvgIpc) is 2.53. The fourth-order valence-corrected chi connectivity index (χ4v) is 2.21. The Morgan fingerprint density at radius 1 is 1.12 bits per heavy atom. The monoisotopic (exact) mass is 343 g/mol. The van der Waals surface area contributed by atoms with E-state index in [9.17, 15) is 17.6 Å². The van der Waals surface area contributed by atoms with E-state index >= 15 is 0 Å². The van der Waals surface area contributed by atoms with Gasteiger partial charge in [0, 0.05) is 18.2 Å². The van der Waals surface area contributed by atoms with E-state index in [0.717, 1.165) is 11.1 Å². The van der Waals surface area contributed by atoms with Crippen LogP contribution < -0.4 is 10.1 Å². The normalized spacial score (nSPS) is 12.9. The summed E-state index contributed by atoms with van der Waals surface area (Å²) < 4.78 is 53.5. The molecule has 0 saturated carbocycles. The molecule has 0 fully saturated rings. The minimum Gasteiger partial charge on any atom is -0.406 e. The molecule has 0 aliphatic carbocycles. The van der Waals surface area contributed by atoms with Crippen LogP contribution in [-0.2, 0) is 13.2 Å². The summed E-state index contributed by atoms with van der Waals surface area (Å²) in [5, 5.41) is 12.2. The van der Waals surface area contributed by atoms with Crippen LogP contribution in [0.2, 0.25) is 0 Å². The first kappa shape index (κ1) is 18.2. The van der Waals surface area contributed by atoms with Crippen LogP contribution in [0.15, 0.2) is 42.5 Å².